The van der Waals surface area contributed by atoms with Crippen LogP contribution in [0.1, 0.15) is 31.5 Å². The van der Waals surface area contributed by atoms with Gasteiger partial charge in [0.2, 0.25) is 0 Å². The van der Waals surface area contributed by atoms with Crippen molar-refractivity contribution in [2.24, 2.45) is 0 Å². The quantitative estimate of drug-likeness (QED) is 0.665. The summed E-state index contributed by atoms with van der Waals surface area (Å²) >= 11 is 6.35. The zero-order chi connectivity index (χ0) is 17.4. The number of ether oxygens (including phenoxy) is 2. The Kier molecular flexibility index (Phi) is 6.65. The molecule has 0 N–H and O–H groups in total. The van der Waals surface area contributed by atoms with Gasteiger partial charge in [-0.1, -0.05) is 24.6 Å². The predicted octanol–water partition coefficient (Wildman–Crippen LogP) is 4.99. The Hall–Kier alpha value is -2.51. The fraction of sp³-hybridized carbons (Fsp3) is 0.263. The minimum absolute atomic E-state index is 0.455. The van der Waals surface area contributed by atoms with E-state index in [-0.39, 0.29) is 0 Å². The van der Waals surface area contributed by atoms with Crippen LogP contribution in [-0.2, 0) is 0 Å². The van der Waals surface area contributed by atoms with Gasteiger partial charge in [-0.05, 0) is 49.2 Å². The molecule has 0 aliphatic carbocycles. The first-order valence-electron chi connectivity index (χ1n) is 7.81. The number of hydrogen-bond donors (Lipinski definition) is 0. The number of halogens is 1. The summed E-state index contributed by atoms with van der Waals surface area (Å²) in [5.74, 6) is 1.11. The maximum atomic E-state index is 9.41. The lowest BCUT2D eigenvalue weighted by Gasteiger charge is -2.14. The molecule has 0 amide bonds. The van der Waals surface area contributed by atoms with Gasteiger partial charge in [-0.15, -0.1) is 0 Å². The molecule has 0 fully saturated rings. The number of aromatic nitrogens is 1. The topological polar surface area (TPSA) is 55.1 Å². The molecule has 0 aliphatic rings. The third-order valence-electron chi connectivity index (χ3n) is 3.15. The molecule has 2 rings (SSSR count). The van der Waals surface area contributed by atoms with Crippen LogP contribution in [0.4, 0.5) is 0 Å². The van der Waals surface area contributed by atoms with Crippen molar-refractivity contribution in [3.8, 4) is 17.6 Å². The van der Waals surface area contributed by atoms with Crippen LogP contribution in [0.3, 0.4) is 0 Å². The largest absolute Gasteiger partial charge is 0.490 e. The summed E-state index contributed by atoms with van der Waals surface area (Å²) in [5, 5.41) is 9.86. The van der Waals surface area contributed by atoms with Gasteiger partial charge in [0.15, 0.2) is 11.5 Å². The number of benzene rings is 1. The molecule has 0 atom stereocenters. The summed E-state index contributed by atoms with van der Waals surface area (Å²) in [6.45, 7) is 4.98. The van der Waals surface area contributed by atoms with E-state index >= 15 is 0 Å². The van der Waals surface area contributed by atoms with Crippen LogP contribution in [0.25, 0.3) is 11.6 Å². The van der Waals surface area contributed by atoms with Crippen molar-refractivity contribution in [2.75, 3.05) is 13.2 Å². The van der Waals surface area contributed by atoms with Crippen LogP contribution in [0.15, 0.2) is 36.5 Å². The van der Waals surface area contributed by atoms with Gasteiger partial charge in [0.25, 0.3) is 0 Å². The van der Waals surface area contributed by atoms with Gasteiger partial charge < -0.3 is 9.47 Å². The van der Waals surface area contributed by atoms with E-state index < -0.39 is 0 Å². The lowest BCUT2D eigenvalue weighted by atomic mass is 10.1. The van der Waals surface area contributed by atoms with E-state index in [1.807, 2.05) is 32.0 Å². The summed E-state index contributed by atoms with van der Waals surface area (Å²) in [6.07, 6.45) is 4.27. The Morgan fingerprint density at radius 3 is 2.75 bits per heavy atom. The highest BCUT2D eigenvalue weighted by atomic mass is 35.5. The zero-order valence-corrected chi connectivity index (χ0v) is 14.5. The smallest absolute Gasteiger partial charge is 0.179 e. The maximum Gasteiger partial charge on any atom is 0.179 e. The predicted molar refractivity (Wildman–Crippen MR) is 96.1 cm³/mol. The van der Waals surface area contributed by atoms with Crippen molar-refractivity contribution >= 4 is 23.3 Å². The van der Waals surface area contributed by atoms with Crippen molar-refractivity contribution in [2.45, 2.75) is 20.3 Å². The van der Waals surface area contributed by atoms with Crippen LogP contribution in [0.2, 0.25) is 5.02 Å². The average Bonchev–Trinajstić information content (AvgIpc) is 2.60. The Balaban J connectivity index is 2.43. The van der Waals surface area contributed by atoms with Crippen LogP contribution in [0.5, 0.6) is 11.5 Å². The normalized spacial score (nSPS) is 11.0. The van der Waals surface area contributed by atoms with Gasteiger partial charge in [0.05, 0.1) is 29.5 Å². The summed E-state index contributed by atoms with van der Waals surface area (Å²) in [5.41, 5.74) is 1.83. The molecule has 1 aromatic carbocycles. The molecule has 4 nitrogen and oxygen atoms in total. The highest BCUT2D eigenvalue weighted by molar-refractivity contribution is 6.32. The lowest BCUT2D eigenvalue weighted by Crippen LogP contribution is -2.01. The molecule has 1 aromatic heterocycles. The fourth-order valence-electron chi connectivity index (χ4n) is 2.13. The molecule has 0 aliphatic heterocycles. The molecule has 5 heteroatoms. The van der Waals surface area contributed by atoms with Crippen molar-refractivity contribution in [3.05, 3.63) is 52.8 Å². The summed E-state index contributed by atoms with van der Waals surface area (Å²) in [6, 6.07) is 11.2. The van der Waals surface area contributed by atoms with Crippen molar-refractivity contribution in [1.29, 1.82) is 5.26 Å². The van der Waals surface area contributed by atoms with Crippen LogP contribution in [0, 0.1) is 11.3 Å². The number of hydrogen-bond acceptors (Lipinski definition) is 4. The lowest BCUT2D eigenvalue weighted by molar-refractivity contribution is 0.277. The Morgan fingerprint density at radius 1 is 1.29 bits per heavy atom. The molecule has 0 saturated heterocycles. The number of pyridine rings is 1. The van der Waals surface area contributed by atoms with Gasteiger partial charge in [-0.2, -0.15) is 5.26 Å². The van der Waals surface area contributed by atoms with Crippen LogP contribution < -0.4 is 9.47 Å². The number of rotatable bonds is 7. The van der Waals surface area contributed by atoms with Crippen molar-refractivity contribution in [3.63, 3.8) is 0 Å². The van der Waals surface area contributed by atoms with Crippen LogP contribution >= 0.6 is 11.6 Å². The maximum absolute atomic E-state index is 9.41. The molecule has 124 valence electrons. The van der Waals surface area contributed by atoms with Gasteiger partial charge in [0.1, 0.15) is 6.07 Å². The zero-order valence-electron chi connectivity index (χ0n) is 13.8. The molecule has 0 radical (unpaired) electrons. The van der Waals surface area contributed by atoms with Crippen LogP contribution in [-0.4, -0.2) is 18.2 Å². The summed E-state index contributed by atoms with van der Waals surface area (Å²) in [7, 11) is 0. The minimum Gasteiger partial charge on any atom is -0.490 e. The monoisotopic (exact) mass is 342 g/mol. The molecule has 0 bridgehead atoms. The van der Waals surface area contributed by atoms with E-state index in [1.54, 1.807) is 24.4 Å². The first-order valence-corrected chi connectivity index (χ1v) is 8.19. The highest BCUT2D eigenvalue weighted by Gasteiger charge is 2.12. The second-order valence-electron chi connectivity index (χ2n) is 5.00. The SMILES string of the molecule is CCCOc1c(Cl)cc(/C=C(\C#N)c2ccccn2)cc1OCC. The number of nitriles is 1. The van der Waals surface area contributed by atoms with Gasteiger partial charge in [-0.3, -0.25) is 4.98 Å². The molecule has 0 saturated carbocycles. The second kappa shape index (κ2) is 8.95. The number of nitrogens with zero attached hydrogens (tertiary/aromatic N) is 2. The molecule has 1 heterocycles. The van der Waals surface area contributed by atoms with Crippen molar-refractivity contribution < 1.29 is 9.47 Å². The third kappa shape index (κ3) is 4.50. The number of allylic oxidation sites excluding steroid dienone is 1. The molecule has 2 aromatic rings. The fourth-order valence-corrected chi connectivity index (χ4v) is 2.40. The third-order valence-corrected chi connectivity index (χ3v) is 3.44. The van der Waals surface area contributed by atoms with E-state index in [2.05, 4.69) is 11.1 Å². The van der Waals surface area contributed by atoms with Crippen molar-refractivity contribution in [1.82, 2.24) is 4.98 Å². The molecule has 0 unspecified atom stereocenters. The Bertz CT molecular complexity index is 752. The van der Waals surface area contributed by atoms with E-state index in [0.717, 1.165) is 12.0 Å². The van der Waals surface area contributed by atoms with E-state index in [0.29, 0.717) is 41.0 Å². The van der Waals surface area contributed by atoms with E-state index in [4.69, 9.17) is 21.1 Å². The van der Waals surface area contributed by atoms with Gasteiger partial charge in [-0.25, -0.2) is 0 Å². The average molecular weight is 343 g/mol. The first kappa shape index (κ1) is 17.8. The highest BCUT2D eigenvalue weighted by Crippen LogP contribution is 2.37. The molecule has 24 heavy (non-hydrogen) atoms. The molecular weight excluding hydrogens is 324 g/mol. The Labute approximate surface area is 147 Å². The second-order valence-corrected chi connectivity index (χ2v) is 5.40. The van der Waals surface area contributed by atoms with E-state index in [1.165, 1.54) is 0 Å². The van der Waals surface area contributed by atoms with Gasteiger partial charge in [0, 0.05) is 6.20 Å². The molecular formula is C19H19ClN2O2. The summed E-state index contributed by atoms with van der Waals surface area (Å²) in [4.78, 5) is 4.21. The molecule has 0 spiro atoms. The van der Waals surface area contributed by atoms with E-state index in [9.17, 15) is 5.26 Å². The standard InChI is InChI=1S/C19H19ClN2O2/c1-3-9-24-19-16(20)11-14(12-18(19)23-4-2)10-15(13-21)17-7-5-6-8-22-17/h5-8,10-12H,3-4,9H2,1-2H3/b15-10+. The minimum atomic E-state index is 0.455. The first-order chi connectivity index (χ1) is 11.7. The van der Waals surface area contributed by atoms with Gasteiger partial charge >= 0.3 is 0 Å². The Morgan fingerprint density at radius 2 is 2.12 bits per heavy atom. The summed E-state index contributed by atoms with van der Waals surface area (Å²) < 4.78 is 11.3.